The number of esters is 3. The maximum absolute atomic E-state index is 12.8. The fraction of sp³-hybridized carbons (Fsp3) is 0.845. The molecule has 0 spiro atoms. The highest BCUT2D eigenvalue weighted by molar-refractivity contribution is 5.71. The van der Waals surface area contributed by atoms with Gasteiger partial charge in [0.05, 0.1) is 0 Å². The van der Waals surface area contributed by atoms with Gasteiger partial charge in [-0.05, 0) is 57.8 Å². The van der Waals surface area contributed by atoms with Crippen LogP contribution in [-0.2, 0) is 28.6 Å². The second-order valence-electron chi connectivity index (χ2n) is 23.1. The van der Waals surface area contributed by atoms with Crippen molar-refractivity contribution in [2.75, 3.05) is 13.2 Å². The molecule has 0 heterocycles. The third kappa shape index (κ3) is 64.1. The van der Waals surface area contributed by atoms with E-state index in [9.17, 15) is 14.4 Å². The molecule has 0 aromatic heterocycles. The molecule has 0 aromatic carbocycles. The van der Waals surface area contributed by atoms with E-state index < -0.39 is 6.10 Å². The van der Waals surface area contributed by atoms with Crippen LogP contribution < -0.4 is 0 Å². The predicted molar refractivity (Wildman–Crippen MR) is 335 cm³/mol. The molecule has 0 aliphatic rings. The molecule has 6 heteroatoms. The van der Waals surface area contributed by atoms with Crippen molar-refractivity contribution < 1.29 is 28.6 Å². The summed E-state index contributed by atoms with van der Waals surface area (Å²) in [6.45, 7) is 6.52. The standard InChI is InChI=1S/C71H130O6/c1-4-7-10-13-16-18-20-22-24-26-28-30-31-32-33-34-35-36-37-38-39-40-42-43-45-47-49-51-53-55-58-61-64-70(73)76-67-68(66-75-69(72)63-60-57-15-12-9-6-3)77-71(74)65-62-59-56-54-52-50-48-46-44-41-29-27-25-23-21-19-17-14-11-8-5-2/h8,11,17,19,23,25,29,41,68H,4-7,9-10,12-16,18,20-22,24,26-28,30-40,42-67H2,1-3H3/b11-8-,19-17-,25-23-,41-29-. The molecule has 1 unspecified atom stereocenters. The minimum atomic E-state index is -0.773. The van der Waals surface area contributed by atoms with Crippen LogP contribution in [0.1, 0.15) is 367 Å². The van der Waals surface area contributed by atoms with Gasteiger partial charge in [-0.1, -0.05) is 339 Å². The average molecular weight is 1080 g/mol. The van der Waals surface area contributed by atoms with E-state index in [4.69, 9.17) is 14.2 Å². The van der Waals surface area contributed by atoms with Gasteiger partial charge in [-0.3, -0.25) is 14.4 Å². The number of hydrogen-bond acceptors (Lipinski definition) is 6. The lowest BCUT2D eigenvalue weighted by molar-refractivity contribution is -0.167. The van der Waals surface area contributed by atoms with Crippen molar-refractivity contribution in [2.45, 2.75) is 374 Å². The summed E-state index contributed by atoms with van der Waals surface area (Å²) in [7, 11) is 0. The lowest BCUT2D eigenvalue weighted by Crippen LogP contribution is -2.30. The summed E-state index contributed by atoms with van der Waals surface area (Å²) in [5.41, 5.74) is 0. The summed E-state index contributed by atoms with van der Waals surface area (Å²) < 4.78 is 16.8. The van der Waals surface area contributed by atoms with Crippen molar-refractivity contribution in [2.24, 2.45) is 0 Å². The summed E-state index contributed by atoms with van der Waals surface area (Å²) in [5, 5.41) is 0. The highest BCUT2D eigenvalue weighted by Crippen LogP contribution is 2.18. The minimum Gasteiger partial charge on any atom is -0.462 e. The van der Waals surface area contributed by atoms with E-state index in [2.05, 4.69) is 69.4 Å². The summed E-state index contributed by atoms with van der Waals surface area (Å²) in [4.78, 5) is 38.0. The summed E-state index contributed by atoms with van der Waals surface area (Å²) in [6.07, 6.45) is 83.3. The second kappa shape index (κ2) is 65.9. The SMILES string of the molecule is CC/C=C\C/C=C\C/C=C\C/C=C\CCCCCCCCCCC(=O)OC(COC(=O)CCCCCCCC)COC(=O)CCCCCCCCCCCCCCCCCCCCCCCCCCCCCCCCCC. The minimum absolute atomic E-state index is 0.0726. The molecule has 0 amide bonds. The third-order valence-electron chi connectivity index (χ3n) is 15.3. The Hall–Kier alpha value is -2.63. The van der Waals surface area contributed by atoms with E-state index in [1.54, 1.807) is 0 Å². The Kier molecular flexibility index (Phi) is 63.6. The first-order valence-electron chi connectivity index (χ1n) is 34.1. The summed E-state index contributed by atoms with van der Waals surface area (Å²) in [6, 6.07) is 0. The molecular formula is C71H130O6. The Morgan fingerprint density at radius 3 is 0.792 bits per heavy atom. The molecule has 77 heavy (non-hydrogen) atoms. The van der Waals surface area contributed by atoms with Crippen LogP contribution in [0.3, 0.4) is 0 Å². The number of rotatable bonds is 63. The van der Waals surface area contributed by atoms with Gasteiger partial charge in [0, 0.05) is 19.3 Å². The Balaban J connectivity index is 3.96. The van der Waals surface area contributed by atoms with Crippen molar-refractivity contribution in [3.8, 4) is 0 Å². The number of carbonyl (C=O) groups excluding carboxylic acids is 3. The Labute approximate surface area is 479 Å². The molecule has 6 nitrogen and oxygen atoms in total. The monoisotopic (exact) mass is 1080 g/mol. The number of carbonyl (C=O) groups is 3. The fourth-order valence-corrected chi connectivity index (χ4v) is 10.3. The van der Waals surface area contributed by atoms with Gasteiger partial charge in [0.2, 0.25) is 0 Å². The van der Waals surface area contributed by atoms with E-state index >= 15 is 0 Å². The molecule has 0 saturated heterocycles. The number of allylic oxidation sites excluding steroid dienone is 8. The highest BCUT2D eigenvalue weighted by Gasteiger charge is 2.19. The van der Waals surface area contributed by atoms with E-state index in [-0.39, 0.29) is 31.1 Å². The van der Waals surface area contributed by atoms with Crippen LogP contribution in [0.5, 0.6) is 0 Å². The van der Waals surface area contributed by atoms with Crippen LogP contribution >= 0.6 is 0 Å². The van der Waals surface area contributed by atoms with Gasteiger partial charge >= 0.3 is 17.9 Å². The van der Waals surface area contributed by atoms with Gasteiger partial charge < -0.3 is 14.2 Å². The maximum Gasteiger partial charge on any atom is 0.306 e. The van der Waals surface area contributed by atoms with Gasteiger partial charge in [-0.2, -0.15) is 0 Å². The van der Waals surface area contributed by atoms with E-state index in [1.807, 2.05) is 0 Å². The molecule has 1 atom stereocenters. The quantitative estimate of drug-likeness (QED) is 0.0261. The topological polar surface area (TPSA) is 78.9 Å². The zero-order valence-electron chi connectivity index (χ0n) is 51.7. The molecule has 0 saturated carbocycles. The van der Waals surface area contributed by atoms with Gasteiger partial charge in [-0.15, -0.1) is 0 Å². The molecule has 0 aromatic rings. The first kappa shape index (κ1) is 74.4. The highest BCUT2D eigenvalue weighted by atomic mass is 16.6. The van der Waals surface area contributed by atoms with Crippen LogP contribution in [0.15, 0.2) is 48.6 Å². The Bertz CT molecular complexity index is 1330. The predicted octanol–water partition coefficient (Wildman–Crippen LogP) is 23.3. The summed E-state index contributed by atoms with van der Waals surface area (Å²) >= 11 is 0. The average Bonchev–Trinajstić information content (AvgIpc) is 3.43. The maximum atomic E-state index is 12.8. The lowest BCUT2D eigenvalue weighted by Gasteiger charge is -2.18. The van der Waals surface area contributed by atoms with Crippen LogP contribution in [0.4, 0.5) is 0 Å². The first-order valence-corrected chi connectivity index (χ1v) is 34.1. The molecule has 0 fully saturated rings. The van der Waals surface area contributed by atoms with E-state index in [0.29, 0.717) is 19.3 Å². The molecule has 0 aliphatic heterocycles. The molecular weight excluding hydrogens is 949 g/mol. The smallest absolute Gasteiger partial charge is 0.306 e. The lowest BCUT2D eigenvalue weighted by atomic mass is 10.0. The molecule has 0 bridgehead atoms. The largest absolute Gasteiger partial charge is 0.462 e. The molecule has 0 radical (unpaired) electrons. The van der Waals surface area contributed by atoms with Gasteiger partial charge in [-0.25, -0.2) is 0 Å². The van der Waals surface area contributed by atoms with Crippen LogP contribution in [0.25, 0.3) is 0 Å². The number of ether oxygens (including phenoxy) is 3. The van der Waals surface area contributed by atoms with Crippen molar-refractivity contribution >= 4 is 17.9 Å². The first-order chi connectivity index (χ1) is 38.0. The zero-order chi connectivity index (χ0) is 55.7. The normalized spacial score (nSPS) is 12.3. The van der Waals surface area contributed by atoms with Crippen LogP contribution in [0, 0.1) is 0 Å². The van der Waals surface area contributed by atoms with Crippen molar-refractivity contribution in [3.05, 3.63) is 48.6 Å². The molecule has 0 rings (SSSR count). The second-order valence-corrected chi connectivity index (χ2v) is 23.1. The van der Waals surface area contributed by atoms with Crippen molar-refractivity contribution in [1.82, 2.24) is 0 Å². The Morgan fingerprint density at radius 1 is 0.273 bits per heavy atom. The molecule has 0 aliphatic carbocycles. The third-order valence-corrected chi connectivity index (χ3v) is 15.3. The fourth-order valence-electron chi connectivity index (χ4n) is 10.3. The van der Waals surface area contributed by atoms with Crippen molar-refractivity contribution in [3.63, 3.8) is 0 Å². The van der Waals surface area contributed by atoms with Gasteiger partial charge in [0.1, 0.15) is 13.2 Å². The van der Waals surface area contributed by atoms with Crippen LogP contribution in [-0.4, -0.2) is 37.2 Å². The van der Waals surface area contributed by atoms with Crippen LogP contribution in [0.2, 0.25) is 0 Å². The van der Waals surface area contributed by atoms with Crippen molar-refractivity contribution in [1.29, 1.82) is 0 Å². The molecule has 450 valence electrons. The number of unbranched alkanes of at least 4 members (excludes halogenated alkanes) is 44. The van der Waals surface area contributed by atoms with E-state index in [0.717, 1.165) is 89.9 Å². The van der Waals surface area contributed by atoms with Gasteiger partial charge in [0.25, 0.3) is 0 Å². The zero-order valence-corrected chi connectivity index (χ0v) is 51.7. The Morgan fingerprint density at radius 2 is 0.506 bits per heavy atom. The summed E-state index contributed by atoms with van der Waals surface area (Å²) in [5.74, 6) is -0.871. The van der Waals surface area contributed by atoms with Gasteiger partial charge in [0.15, 0.2) is 6.10 Å². The molecule has 0 N–H and O–H groups in total. The van der Waals surface area contributed by atoms with E-state index in [1.165, 1.54) is 238 Å². The number of hydrogen-bond donors (Lipinski definition) is 0.